The van der Waals surface area contributed by atoms with Crippen molar-refractivity contribution in [1.82, 2.24) is 9.88 Å². The Kier molecular flexibility index (Phi) is 5.85. The largest absolute Gasteiger partial charge is 0.382 e. The highest BCUT2D eigenvalue weighted by Gasteiger charge is 2.37. The van der Waals surface area contributed by atoms with Crippen LogP contribution < -0.4 is 10.6 Å². The van der Waals surface area contributed by atoms with Crippen molar-refractivity contribution in [1.29, 1.82) is 0 Å². The number of nitrogens with zero attached hydrogens (tertiary/aromatic N) is 3. The minimum atomic E-state index is -2.84. The summed E-state index contributed by atoms with van der Waals surface area (Å²) in [6.07, 6.45) is 0.122. The number of aryl methyl sites for hydroxylation is 1. The van der Waals surface area contributed by atoms with Crippen LogP contribution in [0.4, 0.5) is 20.3 Å². The number of hydrogen-bond donors (Lipinski definition) is 1. The predicted molar refractivity (Wildman–Crippen MR) is 129 cm³/mol. The third kappa shape index (κ3) is 4.30. The van der Waals surface area contributed by atoms with Gasteiger partial charge in [0.25, 0.3) is 11.8 Å². The average Bonchev–Trinajstić information content (AvgIpc) is 2.83. The number of fused-ring (bicyclic) bond motifs is 1. The molecule has 3 aromatic rings. The third-order valence-electron chi connectivity index (χ3n) is 6.65. The van der Waals surface area contributed by atoms with Gasteiger partial charge in [0, 0.05) is 37.0 Å². The van der Waals surface area contributed by atoms with Crippen LogP contribution in [0.25, 0.3) is 22.0 Å². The Bertz CT molecular complexity index is 1240. The Morgan fingerprint density at radius 3 is 2.68 bits per heavy atom. The highest BCUT2D eigenvalue weighted by atomic mass is 19.3. The summed E-state index contributed by atoms with van der Waals surface area (Å²) in [6, 6.07) is 13.3. The third-order valence-corrected chi connectivity index (χ3v) is 6.65. The Labute approximate surface area is 197 Å². The van der Waals surface area contributed by atoms with E-state index in [1.54, 1.807) is 12.1 Å². The van der Waals surface area contributed by atoms with Crippen LogP contribution in [0.5, 0.6) is 0 Å². The molecule has 2 aliphatic rings. The molecule has 0 radical (unpaired) electrons. The van der Waals surface area contributed by atoms with E-state index in [9.17, 15) is 13.6 Å². The second kappa shape index (κ2) is 8.83. The summed E-state index contributed by atoms with van der Waals surface area (Å²) >= 11 is 0. The maximum absolute atomic E-state index is 14.0. The summed E-state index contributed by atoms with van der Waals surface area (Å²) in [4.78, 5) is 21.4. The lowest BCUT2D eigenvalue weighted by molar-refractivity contribution is -0.0560. The summed E-state index contributed by atoms with van der Waals surface area (Å²) < 4.78 is 33.5. The van der Waals surface area contributed by atoms with Crippen LogP contribution in [-0.4, -0.2) is 61.1 Å². The number of ether oxygens (including phenoxy) is 1. The second-order valence-electron chi connectivity index (χ2n) is 9.08. The van der Waals surface area contributed by atoms with E-state index in [2.05, 4.69) is 9.88 Å². The fourth-order valence-corrected chi connectivity index (χ4v) is 4.93. The number of likely N-dealkylation sites (tertiary alicyclic amines) is 1. The van der Waals surface area contributed by atoms with Gasteiger partial charge in [-0.3, -0.25) is 4.79 Å². The number of benzene rings is 2. The molecule has 0 bridgehead atoms. The SMILES string of the molecule is Cc1cccc(C(=O)N2CCCC(F)(F)C2)c1-c1ccc2nc(N)c(N3CCOCC3)cc2c1. The first kappa shape index (κ1) is 22.5. The van der Waals surface area contributed by atoms with Crippen molar-refractivity contribution in [3.05, 3.63) is 53.6 Å². The molecular weight excluding hydrogens is 438 g/mol. The first-order valence-electron chi connectivity index (χ1n) is 11.6. The van der Waals surface area contributed by atoms with Crippen molar-refractivity contribution >= 4 is 28.3 Å². The number of nitrogen functional groups attached to an aromatic ring is 1. The van der Waals surface area contributed by atoms with Gasteiger partial charge < -0.3 is 20.3 Å². The zero-order chi connectivity index (χ0) is 23.9. The highest BCUT2D eigenvalue weighted by Crippen LogP contribution is 2.35. The minimum absolute atomic E-state index is 0.177. The second-order valence-corrected chi connectivity index (χ2v) is 9.08. The quantitative estimate of drug-likeness (QED) is 0.616. The normalized spacial score (nSPS) is 18.3. The fourth-order valence-electron chi connectivity index (χ4n) is 4.93. The van der Waals surface area contributed by atoms with E-state index in [1.807, 2.05) is 37.3 Å². The topological polar surface area (TPSA) is 71.7 Å². The molecule has 1 amide bonds. The number of morpholine rings is 1. The molecule has 34 heavy (non-hydrogen) atoms. The number of hydrogen-bond acceptors (Lipinski definition) is 5. The van der Waals surface area contributed by atoms with Gasteiger partial charge in [-0.05, 0) is 54.3 Å². The molecular formula is C26H28F2N4O2. The molecule has 0 spiro atoms. The van der Waals surface area contributed by atoms with E-state index in [4.69, 9.17) is 10.5 Å². The van der Waals surface area contributed by atoms with E-state index in [-0.39, 0.29) is 12.3 Å². The molecule has 2 N–H and O–H groups in total. The van der Waals surface area contributed by atoms with E-state index in [1.165, 1.54) is 4.90 Å². The van der Waals surface area contributed by atoms with E-state index in [0.717, 1.165) is 46.4 Å². The molecule has 2 aromatic carbocycles. The molecule has 0 aliphatic carbocycles. The van der Waals surface area contributed by atoms with Crippen molar-refractivity contribution in [2.45, 2.75) is 25.7 Å². The molecule has 0 unspecified atom stereocenters. The number of amides is 1. The van der Waals surface area contributed by atoms with Gasteiger partial charge in [-0.15, -0.1) is 0 Å². The number of piperidine rings is 1. The van der Waals surface area contributed by atoms with Crippen LogP contribution >= 0.6 is 0 Å². The molecule has 8 heteroatoms. The van der Waals surface area contributed by atoms with Crippen molar-refractivity contribution in [3.63, 3.8) is 0 Å². The zero-order valence-corrected chi connectivity index (χ0v) is 19.2. The molecule has 2 saturated heterocycles. The molecule has 178 valence electrons. The van der Waals surface area contributed by atoms with Gasteiger partial charge >= 0.3 is 0 Å². The van der Waals surface area contributed by atoms with Crippen LogP contribution in [0.3, 0.4) is 0 Å². The molecule has 1 aromatic heterocycles. The van der Waals surface area contributed by atoms with Crippen LogP contribution in [-0.2, 0) is 4.74 Å². The lowest BCUT2D eigenvalue weighted by Gasteiger charge is -2.33. The number of carbonyl (C=O) groups excluding carboxylic acids is 1. The molecule has 2 fully saturated rings. The van der Waals surface area contributed by atoms with E-state index >= 15 is 0 Å². The number of carbonyl (C=O) groups is 1. The summed E-state index contributed by atoms with van der Waals surface area (Å²) in [5.41, 5.74) is 10.8. The fraction of sp³-hybridized carbons (Fsp3) is 0.385. The predicted octanol–water partition coefficient (Wildman–Crippen LogP) is 4.50. The molecule has 6 nitrogen and oxygen atoms in total. The van der Waals surface area contributed by atoms with Crippen LogP contribution in [0.2, 0.25) is 0 Å². The van der Waals surface area contributed by atoms with Gasteiger partial charge in [-0.1, -0.05) is 18.2 Å². The number of pyridine rings is 1. The highest BCUT2D eigenvalue weighted by molar-refractivity contribution is 6.03. The Balaban J connectivity index is 1.55. The van der Waals surface area contributed by atoms with Crippen LogP contribution in [0.1, 0.15) is 28.8 Å². The molecule has 0 saturated carbocycles. The first-order chi connectivity index (χ1) is 16.3. The molecule has 3 heterocycles. The maximum atomic E-state index is 14.0. The van der Waals surface area contributed by atoms with Crippen molar-refractivity contribution < 1.29 is 18.3 Å². The van der Waals surface area contributed by atoms with Gasteiger partial charge in [-0.2, -0.15) is 0 Å². The Hall–Kier alpha value is -3.26. The van der Waals surface area contributed by atoms with Gasteiger partial charge in [0.2, 0.25) is 0 Å². The van der Waals surface area contributed by atoms with Crippen molar-refractivity contribution in [2.75, 3.05) is 50.0 Å². The number of nitrogens with two attached hydrogens (primary N) is 1. The number of rotatable bonds is 3. The summed E-state index contributed by atoms with van der Waals surface area (Å²) in [5, 5.41) is 0.902. The average molecular weight is 467 g/mol. The summed E-state index contributed by atoms with van der Waals surface area (Å²) in [7, 11) is 0. The number of alkyl halides is 2. The minimum Gasteiger partial charge on any atom is -0.382 e. The number of anilines is 2. The van der Waals surface area contributed by atoms with Gasteiger partial charge in [-0.25, -0.2) is 13.8 Å². The van der Waals surface area contributed by atoms with E-state index in [0.29, 0.717) is 37.6 Å². The smallest absolute Gasteiger partial charge is 0.265 e. The summed E-state index contributed by atoms with van der Waals surface area (Å²) in [5.74, 6) is -2.73. The van der Waals surface area contributed by atoms with Crippen LogP contribution in [0.15, 0.2) is 42.5 Å². The van der Waals surface area contributed by atoms with Crippen molar-refractivity contribution in [2.24, 2.45) is 0 Å². The van der Waals surface area contributed by atoms with Gasteiger partial charge in [0.05, 0.1) is 31.0 Å². The molecule has 0 atom stereocenters. The van der Waals surface area contributed by atoms with Crippen molar-refractivity contribution in [3.8, 4) is 11.1 Å². The standard InChI is InChI=1S/C26H28F2N4O2/c1-17-4-2-5-20(25(33)32-9-3-8-26(27,28)16-32)23(17)18-6-7-21-19(14-18)15-22(24(29)30-21)31-10-12-34-13-11-31/h2,4-7,14-15H,3,8-13,16H2,1H3,(H2,29,30). The Morgan fingerprint density at radius 2 is 1.91 bits per heavy atom. The molecule has 5 rings (SSSR count). The monoisotopic (exact) mass is 466 g/mol. The lowest BCUT2D eigenvalue weighted by atomic mass is 9.92. The van der Waals surface area contributed by atoms with E-state index < -0.39 is 12.5 Å². The number of halogens is 2. The maximum Gasteiger partial charge on any atom is 0.265 e. The molecule has 2 aliphatic heterocycles. The van der Waals surface area contributed by atoms with Gasteiger partial charge in [0.15, 0.2) is 0 Å². The lowest BCUT2D eigenvalue weighted by Crippen LogP contribution is -2.45. The first-order valence-corrected chi connectivity index (χ1v) is 11.6. The number of aromatic nitrogens is 1. The van der Waals surface area contributed by atoms with Gasteiger partial charge in [0.1, 0.15) is 5.82 Å². The zero-order valence-electron chi connectivity index (χ0n) is 19.2. The van der Waals surface area contributed by atoms with Crippen LogP contribution in [0, 0.1) is 6.92 Å². The summed E-state index contributed by atoms with van der Waals surface area (Å²) in [6.45, 7) is 4.50. The Morgan fingerprint density at radius 1 is 1.12 bits per heavy atom.